The van der Waals surface area contributed by atoms with Crippen LogP contribution in [-0.4, -0.2) is 143 Å². The molecule has 3 aromatic rings. The van der Waals surface area contributed by atoms with Crippen LogP contribution in [-0.2, 0) is 71.6 Å². The van der Waals surface area contributed by atoms with Crippen LogP contribution >= 0.6 is 0 Å². The molecular weight excluding hydrogens is 929 g/mol. The molecule has 19 heteroatoms. The average molecular weight is 1000 g/mol. The number of rotatable bonds is 16. The maximum Gasteiger partial charge on any atom is 0.509 e. The Bertz CT molecular complexity index is 2290. The average Bonchev–Trinajstić information content (AvgIpc) is 3.67. The monoisotopic (exact) mass is 1000 g/mol. The van der Waals surface area contributed by atoms with Crippen molar-refractivity contribution in [3.63, 3.8) is 0 Å². The van der Waals surface area contributed by atoms with Gasteiger partial charge in [0, 0.05) is 55.2 Å². The molecule has 394 valence electrons. The number of hydrogen-bond acceptors (Lipinski definition) is 18. The Kier molecular flexibility index (Phi) is 19.3. The number of nitrogens with zero attached hydrogens (tertiary/aromatic N) is 5. The summed E-state index contributed by atoms with van der Waals surface area (Å²) in [6.07, 6.45) is -0.675. The van der Waals surface area contributed by atoms with Crippen LogP contribution in [0, 0.1) is 23.7 Å². The normalized spacial score (nSPS) is 32.9. The van der Waals surface area contributed by atoms with Crippen molar-refractivity contribution in [1.29, 1.82) is 0 Å². The lowest BCUT2D eigenvalue weighted by molar-refractivity contribution is -0.301. The number of hydrogen-bond donors (Lipinski definition) is 2. The number of carbonyl (C=O) groups excluding carboxylic acids is 4. The number of likely N-dealkylation sites (N-methyl/N-ethyl adjacent to an activating group) is 1. The lowest BCUT2D eigenvalue weighted by Crippen LogP contribution is -2.60. The zero-order valence-corrected chi connectivity index (χ0v) is 43.5. The number of esters is 2. The van der Waals surface area contributed by atoms with E-state index in [1.165, 1.54) is 0 Å². The molecule has 0 spiro atoms. The van der Waals surface area contributed by atoms with E-state index in [-0.39, 0.29) is 50.3 Å². The van der Waals surface area contributed by atoms with Gasteiger partial charge in [-0.05, 0) is 110 Å². The molecule has 2 N–H and O–H groups in total. The number of aliphatic hydroxyl groups is 1. The maximum atomic E-state index is 14.6. The molecule has 3 aliphatic heterocycles. The molecule has 0 unspecified atom stereocenters. The zero-order chi connectivity index (χ0) is 52.3. The highest BCUT2D eigenvalue weighted by Gasteiger charge is 2.59. The van der Waals surface area contributed by atoms with Crippen molar-refractivity contribution in [2.75, 3.05) is 33.1 Å². The Balaban J connectivity index is 1.32. The summed E-state index contributed by atoms with van der Waals surface area (Å²) >= 11 is 0. The van der Waals surface area contributed by atoms with E-state index in [0.29, 0.717) is 42.2 Å². The third kappa shape index (κ3) is 13.7. The fourth-order valence-corrected chi connectivity index (χ4v) is 10.4. The molecule has 0 radical (unpaired) electrons. The van der Waals surface area contributed by atoms with Gasteiger partial charge in [0.05, 0.1) is 48.0 Å². The largest absolute Gasteiger partial charge is 0.509 e. The van der Waals surface area contributed by atoms with Gasteiger partial charge in [-0.2, -0.15) is 0 Å². The van der Waals surface area contributed by atoms with Crippen molar-refractivity contribution >= 4 is 35.5 Å². The summed E-state index contributed by atoms with van der Waals surface area (Å²) in [7, 11) is 5.31. The van der Waals surface area contributed by atoms with Gasteiger partial charge in [-0.3, -0.25) is 24.4 Å². The molecule has 3 fully saturated rings. The van der Waals surface area contributed by atoms with Crippen molar-refractivity contribution in [3.05, 3.63) is 84.1 Å². The summed E-state index contributed by atoms with van der Waals surface area (Å²) in [6.45, 7) is 14.7. The Morgan fingerprint density at radius 3 is 2.24 bits per heavy atom. The summed E-state index contributed by atoms with van der Waals surface area (Å²) in [6, 6.07) is 13.9. The molecule has 6 heterocycles. The topological polar surface area (TPSA) is 229 Å². The second-order valence-electron chi connectivity index (χ2n) is 20.1. The number of methoxy groups -OCH3 is 1. The fourth-order valence-electron chi connectivity index (χ4n) is 10.4. The van der Waals surface area contributed by atoms with Crippen LogP contribution in [0.4, 0.5) is 10.6 Å². The number of carbonyl (C=O) groups is 4. The highest BCUT2D eigenvalue weighted by Crippen LogP contribution is 2.43. The van der Waals surface area contributed by atoms with E-state index >= 15 is 0 Å². The van der Waals surface area contributed by atoms with E-state index in [1.54, 1.807) is 75.9 Å². The lowest BCUT2D eigenvalue weighted by Gasteiger charge is -2.48. The zero-order valence-electron chi connectivity index (χ0n) is 43.5. The number of aliphatic hydroxyl groups excluding tert-OH is 1. The number of cyclic esters (lactones) is 1. The maximum absolute atomic E-state index is 14.6. The Morgan fingerprint density at radius 2 is 1.62 bits per heavy atom. The van der Waals surface area contributed by atoms with Gasteiger partial charge in [-0.25, -0.2) is 9.78 Å². The minimum Gasteiger partial charge on any atom is -0.461 e. The molecule has 0 saturated carbocycles. The third-order valence-electron chi connectivity index (χ3n) is 14.3. The summed E-state index contributed by atoms with van der Waals surface area (Å²) in [4.78, 5) is 75.3. The van der Waals surface area contributed by atoms with Gasteiger partial charge in [0.15, 0.2) is 18.0 Å². The van der Waals surface area contributed by atoms with E-state index in [1.807, 2.05) is 72.7 Å². The molecule has 3 aromatic heterocycles. The molecule has 19 nitrogen and oxygen atoms in total. The number of anilines is 1. The fraction of sp³-hybridized carbons (Fsp3) is 0.623. The van der Waals surface area contributed by atoms with Crippen molar-refractivity contribution in [3.8, 4) is 0 Å². The second kappa shape index (κ2) is 24.9. The summed E-state index contributed by atoms with van der Waals surface area (Å²) < 4.78 is 44.3. The SMILES string of the molecule is CC[C@H]1OC(=O)[C@H](C)[C@@H](OC(=O)Cc2ccccn2)[C@H](C)[C@@H](O[C@@H]2O[C@H](C)C[C@H](N(C)C)[C@H]2O)[C@](C)(OC)C[C@@H](C)/C(=N\OCCCc2ccc(NC(=O)Cc3ccccn3)nc2)[C@H](C)[C@H]2OC(=O)O[C@@]21C. The summed E-state index contributed by atoms with van der Waals surface area (Å²) in [5.74, 6) is -4.20. The van der Waals surface area contributed by atoms with Gasteiger partial charge in [-0.1, -0.05) is 51.0 Å². The lowest BCUT2D eigenvalue weighted by atomic mass is 9.73. The van der Waals surface area contributed by atoms with Crippen LogP contribution in [0.3, 0.4) is 0 Å². The highest BCUT2D eigenvalue weighted by molar-refractivity contribution is 5.91. The molecule has 0 bridgehead atoms. The van der Waals surface area contributed by atoms with E-state index < -0.39 is 89.8 Å². The number of amides is 1. The second-order valence-corrected chi connectivity index (χ2v) is 20.1. The van der Waals surface area contributed by atoms with Crippen LogP contribution in [0.5, 0.6) is 0 Å². The van der Waals surface area contributed by atoms with Crippen molar-refractivity contribution in [2.24, 2.45) is 28.8 Å². The first-order valence-corrected chi connectivity index (χ1v) is 25.0. The van der Waals surface area contributed by atoms with Crippen molar-refractivity contribution in [2.45, 2.75) is 160 Å². The number of aromatic nitrogens is 3. The van der Waals surface area contributed by atoms with Crippen LogP contribution in [0.1, 0.15) is 98.0 Å². The van der Waals surface area contributed by atoms with Crippen molar-refractivity contribution < 1.29 is 62.3 Å². The first kappa shape index (κ1) is 55.7. The van der Waals surface area contributed by atoms with Gasteiger partial charge in [0.25, 0.3) is 0 Å². The van der Waals surface area contributed by atoms with Gasteiger partial charge in [-0.15, -0.1) is 0 Å². The number of oxime groups is 1. The van der Waals surface area contributed by atoms with E-state index in [0.717, 1.165) is 5.56 Å². The van der Waals surface area contributed by atoms with Gasteiger partial charge in [0.2, 0.25) is 5.91 Å². The van der Waals surface area contributed by atoms with Crippen LogP contribution < -0.4 is 5.32 Å². The summed E-state index contributed by atoms with van der Waals surface area (Å²) in [5.41, 5.74) is -0.201. The number of fused-ring (bicyclic) bond motifs is 1. The van der Waals surface area contributed by atoms with E-state index in [2.05, 4.69) is 20.3 Å². The number of ether oxygens (including phenoxy) is 7. The van der Waals surface area contributed by atoms with Crippen LogP contribution in [0.15, 0.2) is 72.3 Å². The van der Waals surface area contributed by atoms with Crippen LogP contribution in [0.2, 0.25) is 0 Å². The highest BCUT2D eigenvalue weighted by atomic mass is 16.8. The van der Waals surface area contributed by atoms with E-state index in [9.17, 15) is 24.3 Å². The Hall–Kier alpha value is -5.60. The van der Waals surface area contributed by atoms with Gasteiger partial charge in [0.1, 0.15) is 30.7 Å². The number of pyridine rings is 3. The number of aryl methyl sites for hydroxylation is 1. The molecule has 0 aliphatic carbocycles. The predicted octanol–water partition coefficient (Wildman–Crippen LogP) is 6.29. The minimum absolute atomic E-state index is 0.128. The molecule has 0 aromatic carbocycles. The first-order chi connectivity index (χ1) is 34.3. The predicted molar refractivity (Wildman–Crippen MR) is 264 cm³/mol. The molecule has 1 amide bonds. The standard InChI is InChI=1S/C53H74N6O13/c1-12-40-53(8)48(71-51(64)72-53)33(4)44(58-66-25-17-18-36-21-22-41(56-30-36)57-42(60)27-37-19-13-15-23-54-37)31(2)29-52(7,65-11)47(70-50-45(62)39(59(9)10)26-32(3)67-50)34(5)46(35(6)49(63)68-40)69-43(61)28-38-20-14-16-24-55-38/h13-16,19-24,30-35,39-40,45-48,50,62H,12,17-18,25-29H2,1-11H3,(H,56,57,60)/b58-44+/t31-,32-,33+,34+,35-,39+,40-,45-,46+,47-,48-,50+,52-,53-/m1/s1. The Morgan fingerprint density at radius 1 is 0.931 bits per heavy atom. The van der Waals surface area contributed by atoms with Crippen LogP contribution in [0.25, 0.3) is 0 Å². The molecule has 3 saturated heterocycles. The minimum atomic E-state index is -1.48. The molecule has 3 aliphatic rings. The third-order valence-corrected chi connectivity index (χ3v) is 14.3. The smallest absolute Gasteiger partial charge is 0.461 e. The molecular formula is C53H74N6O13. The quantitative estimate of drug-likeness (QED) is 0.0695. The van der Waals surface area contributed by atoms with E-state index in [4.69, 9.17) is 43.2 Å². The molecule has 6 rings (SSSR count). The Labute approximate surface area is 423 Å². The summed E-state index contributed by atoms with van der Waals surface area (Å²) in [5, 5.41) is 19.4. The van der Waals surface area contributed by atoms with Gasteiger partial charge >= 0.3 is 18.1 Å². The molecule has 14 atom stereocenters. The molecule has 72 heavy (non-hydrogen) atoms. The van der Waals surface area contributed by atoms with Crippen molar-refractivity contribution in [1.82, 2.24) is 19.9 Å². The number of nitrogens with one attached hydrogen (secondary N) is 1. The first-order valence-electron chi connectivity index (χ1n) is 25.0. The van der Waals surface area contributed by atoms with Gasteiger partial charge < -0.3 is 53.3 Å².